The number of ether oxygens (including phenoxy) is 1. The molecule has 1 aromatic heterocycles. The zero-order valence-corrected chi connectivity index (χ0v) is 14.1. The molecule has 9 heteroatoms. The van der Waals surface area contributed by atoms with Gasteiger partial charge in [-0.05, 0) is 12.1 Å². The lowest BCUT2D eigenvalue weighted by Gasteiger charge is -2.05. The summed E-state index contributed by atoms with van der Waals surface area (Å²) in [6.45, 7) is 0.626. The topological polar surface area (TPSA) is 64.1 Å². The molecule has 1 heterocycles. The molecule has 0 saturated carbocycles. The molecule has 2 rings (SSSR count). The summed E-state index contributed by atoms with van der Waals surface area (Å²) in [6.07, 6.45) is 0. The van der Waals surface area contributed by atoms with Crippen molar-refractivity contribution in [1.82, 2.24) is 10.2 Å². The Balaban J connectivity index is 2.03. The molecule has 112 valence electrons. The molecule has 0 spiro atoms. The molecule has 2 aromatic rings. The Hall–Kier alpha value is -0.860. The molecule has 0 fully saturated rings. The summed E-state index contributed by atoms with van der Waals surface area (Å²) in [5, 5.41) is 11.5. The number of anilines is 1. The predicted octanol–water partition coefficient (Wildman–Crippen LogP) is 3.84. The van der Waals surface area contributed by atoms with Gasteiger partial charge in [0.15, 0.2) is 4.34 Å². The Morgan fingerprint density at radius 2 is 2.10 bits per heavy atom. The third kappa shape index (κ3) is 4.55. The maximum absolute atomic E-state index is 12.2. The van der Waals surface area contributed by atoms with Crippen LogP contribution in [0, 0.1) is 0 Å². The van der Waals surface area contributed by atoms with E-state index in [9.17, 15) is 4.79 Å². The number of benzene rings is 1. The second-order valence-electron chi connectivity index (χ2n) is 3.77. The van der Waals surface area contributed by atoms with Crippen molar-refractivity contribution in [2.45, 2.75) is 4.34 Å². The Bertz CT molecular complexity index is 616. The first-order valence-corrected chi connectivity index (χ1v) is 8.38. The summed E-state index contributed by atoms with van der Waals surface area (Å²) in [5.41, 5.74) is 0.226. The molecule has 0 aliphatic rings. The first-order valence-electron chi connectivity index (χ1n) is 5.82. The van der Waals surface area contributed by atoms with Gasteiger partial charge in [0.2, 0.25) is 5.13 Å². The lowest BCUT2D eigenvalue weighted by Crippen LogP contribution is -2.12. The van der Waals surface area contributed by atoms with Crippen molar-refractivity contribution in [3.05, 3.63) is 33.8 Å². The molecule has 0 radical (unpaired) electrons. The molecule has 1 aromatic carbocycles. The third-order valence-electron chi connectivity index (χ3n) is 2.33. The number of nitrogens with zero attached hydrogens (tertiary/aromatic N) is 2. The van der Waals surface area contributed by atoms with Crippen molar-refractivity contribution in [3.63, 3.8) is 0 Å². The van der Waals surface area contributed by atoms with Crippen molar-refractivity contribution < 1.29 is 9.53 Å². The fraction of sp³-hybridized carbons (Fsp3) is 0.250. The number of carbonyl (C=O) groups is 1. The van der Waals surface area contributed by atoms with Gasteiger partial charge in [0.05, 0.1) is 22.2 Å². The Kier molecular flexibility index (Phi) is 6.25. The average Bonchev–Trinajstić information content (AvgIpc) is 2.86. The van der Waals surface area contributed by atoms with Crippen LogP contribution in [0.3, 0.4) is 0 Å². The van der Waals surface area contributed by atoms with Gasteiger partial charge in [-0.3, -0.25) is 10.1 Å². The lowest BCUT2D eigenvalue weighted by molar-refractivity contribution is 0.102. The van der Waals surface area contributed by atoms with Crippen LogP contribution in [0.2, 0.25) is 10.0 Å². The van der Waals surface area contributed by atoms with E-state index in [1.807, 2.05) is 0 Å². The largest absolute Gasteiger partial charge is 0.384 e. The zero-order chi connectivity index (χ0) is 15.2. The van der Waals surface area contributed by atoms with Gasteiger partial charge in [-0.2, -0.15) is 0 Å². The van der Waals surface area contributed by atoms with Gasteiger partial charge in [-0.1, -0.05) is 52.4 Å². The molecule has 21 heavy (non-hydrogen) atoms. The number of rotatable bonds is 6. The van der Waals surface area contributed by atoms with Crippen LogP contribution in [-0.2, 0) is 4.74 Å². The number of methoxy groups -OCH3 is 1. The first kappa shape index (κ1) is 16.5. The lowest BCUT2D eigenvalue weighted by atomic mass is 10.2. The SMILES string of the molecule is COCCSc1nnc(NC(=O)c2c(Cl)cccc2Cl)s1. The molecule has 0 bridgehead atoms. The van der Waals surface area contributed by atoms with Gasteiger partial charge in [0.1, 0.15) is 0 Å². The van der Waals surface area contributed by atoms with Crippen molar-refractivity contribution in [3.8, 4) is 0 Å². The van der Waals surface area contributed by atoms with Gasteiger partial charge >= 0.3 is 0 Å². The van der Waals surface area contributed by atoms with Crippen LogP contribution in [0.1, 0.15) is 10.4 Å². The highest BCUT2D eigenvalue weighted by Crippen LogP contribution is 2.28. The van der Waals surface area contributed by atoms with Crippen LogP contribution in [0.5, 0.6) is 0 Å². The Morgan fingerprint density at radius 1 is 1.38 bits per heavy atom. The molecule has 5 nitrogen and oxygen atoms in total. The molecule has 0 atom stereocenters. The summed E-state index contributed by atoms with van der Waals surface area (Å²) in [5.74, 6) is 0.366. The molecule has 0 aliphatic heterocycles. The van der Waals surface area contributed by atoms with Crippen LogP contribution >= 0.6 is 46.3 Å². The van der Waals surface area contributed by atoms with Gasteiger partial charge < -0.3 is 4.74 Å². The van der Waals surface area contributed by atoms with Crippen LogP contribution in [0.15, 0.2) is 22.5 Å². The summed E-state index contributed by atoms with van der Waals surface area (Å²) in [7, 11) is 1.64. The van der Waals surface area contributed by atoms with E-state index in [2.05, 4.69) is 15.5 Å². The number of thioether (sulfide) groups is 1. The number of hydrogen-bond acceptors (Lipinski definition) is 6. The second kappa shape index (κ2) is 7.95. The zero-order valence-electron chi connectivity index (χ0n) is 10.9. The highest BCUT2D eigenvalue weighted by molar-refractivity contribution is 8.01. The number of carbonyl (C=O) groups excluding carboxylic acids is 1. The molecule has 1 N–H and O–H groups in total. The average molecular weight is 364 g/mol. The van der Waals surface area contributed by atoms with Crippen molar-refractivity contribution in [2.75, 3.05) is 24.8 Å². The number of nitrogens with one attached hydrogen (secondary N) is 1. The van der Waals surface area contributed by atoms with Crippen LogP contribution < -0.4 is 5.32 Å². The Labute approximate surface area is 140 Å². The first-order chi connectivity index (χ1) is 10.1. The quantitative estimate of drug-likeness (QED) is 0.479. The summed E-state index contributed by atoms with van der Waals surface area (Å²) < 4.78 is 5.71. The van der Waals surface area contributed by atoms with Gasteiger partial charge in [0, 0.05) is 12.9 Å². The highest BCUT2D eigenvalue weighted by atomic mass is 35.5. The van der Waals surface area contributed by atoms with E-state index in [1.165, 1.54) is 23.1 Å². The van der Waals surface area contributed by atoms with Crippen molar-refractivity contribution >= 4 is 57.3 Å². The fourth-order valence-electron chi connectivity index (χ4n) is 1.41. The minimum Gasteiger partial charge on any atom is -0.384 e. The number of halogens is 2. The number of hydrogen-bond donors (Lipinski definition) is 1. The molecule has 0 aliphatic carbocycles. The minimum atomic E-state index is -0.407. The van der Waals surface area contributed by atoms with E-state index < -0.39 is 5.91 Å². The third-order valence-corrected chi connectivity index (χ3v) is 4.90. The summed E-state index contributed by atoms with van der Waals surface area (Å²) in [6, 6.07) is 4.89. The van der Waals surface area contributed by atoms with Gasteiger partial charge in [-0.25, -0.2) is 0 Å². The normalized spacial score (nSPS) is 10.6. The summed E-state index contributed by atoms with van der Waals surface area (Å²) >= 11 is 14.8. The Morgan fingerprint density at radius 3 is 2.76 bits per heavy atom. The van der Waals surface area contributed by atoms with Crippen LogP contribution in [-0.4, -0.2) is 35.6 Å². The molecular weight excluding hydrogens is 353 g/mol. The maximum Gasteiger partial charge on any atom is 0.260 e. The summed E-state index contributed by atoms with van der Waals surface area (Å²) in [4.78, 5) is 12.2. The van der Waals surface area contributed by atoms with Gasteiger partial charge in [0.25, 0.3) is 5.91 Å². The monoisotopic (exact) mass is 363 g/mol. The fourth-order valence-corrected chi connectivity index (χ4v) is 3.69. The van der Waals surface area contributed by atoms with E-state index >= 15 is 0 Å². The van der Waals surface area contributed by atoms with Crippen molar-refractivity contribution in [2.24, 2.45) is 0 Å². The van der Waals surface area contributed by atoms with Crippen molar-refractivity contribution in [1.29, 1.82) is 0 Å². The molecule has 0 saturated heterocycles. The maximum atomic E-state index is 12.2. The smallest absolute Gasteiger partial charge is 0.260 e. The number of amides is 1. The van der Waals surface area contributed by atoms with E-state index in [0.717, 1.165) is 10.1 Å². The predicted molar refractivity (Wildman–Crippen MR) is 86.9 cm³/mol. The highest BCUT2D eigenvalue weighted by Gasteiger charge is 2.16. The van der Waals surface area contributed by atoms with E-state index in [4.69, 9.17) is 27.9 Å². The molecule has 1 amide bonds. The van der Waals surface area contributed by atoms with Gasteiger partial charge in [-0.15, -0.1) is 10.2 Å². The van der Waals surface area contributed by atoms with E-state index in [-0.39, 0.29) is 5.56 Å². The minimum absolute atomic E-state index is 0.226. The molecular formula is C12H11Cl2N3O2S2. The number of aromatic nitrogens is 2. The molecule has 0 unspecified atom stereocenters. The van der Waals surface area contributed by atoms with E-state index in [1.54, 1.807) is 25.3 Å². The van der Waals surface area contributed by atoms with E-state index in [0.29, 0.717) is 21.8 Å². The second-order valence-corrected chi connectivity index (χ2v) is 6.90. The van der Waals surface area contributed by atoms with Crippen LogP contribution in [0.4, 0.5) is 5.13 Å². The van der Waals surface area contributed by atoms with Crippen LogP contribution in [0.25, 0.3) is 0 Å². The standard InChI is InChI=1S/C12H11Cl2N3O2S2/c1-19-5-6-20-12-17-16-11(21-12)15-10(18)9-7(13)3-2-4-8(9)14/h2-4H,5-6H2,1H3,(H,15,16,18).